The summed E-state index contributed by atoms with van der Waals surface area (Å²) in [5.41, 5.74) is 0.806. The molecule has 2 N–H and O–H groups in total. The van der Waals surface area contributed by atoms with E-state index in [9.17, 15) is 5.11 Å². The molecule has 1 saturated heterocycles. The lowest BCUT2D eigenvalue weighted by Gasteiger charge is -2.14. The van der Waals surface area contributed by atoms with E-state index in [1.807, 2.05) is 10.8 Å². The number of nitrogens with zero attached hydrogens (tertiary/aromatic N) is 2. The lowest BCUT2D eigenvalue weighted by atomic mass is 10.00. The zero-order valence-corrected chi connectivity index (χ0v) is 8.48. The molecule has 1 aromatic rings. The van der Waals surface area contributed by atoms with Crippen LogP contribution in [-0.4, -0.2) is 27.7 Å². The summed E-state index contributed by atoms with van der Waals surface area (Å²) in [5.74, 6) is 0.329. The molecule has 2 unspecified atom stereocenters. The third-order valence-corrected chi connectivity index (χ3v) is 2.87. The summed E-state index contributed by atoms with van der Waals surface area (Å²) in [7, 11) is 0. The third kappa shape index (κ3) is 1.81. The quantitative estimate of drug-likeness (QED) is 0.740. The monoisotopic (exact) mass is 195 g/mol. The molecular formula is C10H17N3O. The van der Waals surface area contributed by atoms with Gasteiger partial charge in [0.15, 0.2) is 0 Å². The Balaban J connectivity index is 2.05. The van der Waals surface area contributed by atoms with E-state index >= 15 is 0 Å². The predicted octanol–water partition coefficient (Wildman–Crippen LogP) is 0.546. The van der Waals surface area contributed by atoms with Crippen molar-refractivity contribution in [3.63, 3.8) is 0 Å². The maximum Gasteiger partial charge on any atom is 0.102 e. The molecule has 4 nitrogen and oxygen atoms in total. The van der Waals surface area contributed by atoms with Crippen LogP contribution in [0.3, 0.4) is 0 Å². The minimum absolute atomic E-state index is 0.329. The summed E-state index contributed by atoms with van der Waals surface area (Å²) >= 11 is 0. The molecular weight excluding hydrogens is 178 g/mol. The number of imidazole rings is 1. The SMILES string of the molecule is CCn1cnc(C(O)C2CCNC2)c1. The van der Waals surface area contributed by atoms with Gasteiger partial charge in [0.1, 0.15) is 6.10 Å². The van der Waals surface area contributed by atoms with Crippen LogP contribution in [0.2, 0.25) is 0 Å². The maximum absolute atomic E-state index is 10.0. The zero-order valence-electron chi connectivity index (χ0n) is 8.48. The van der Waals surface area contributed by atoms with Gasteiger partial charge in [-0.05, 0) is 19.9 Å². The first-order valence-electron chi connectivity index (χ1n) is 5.21. The molecule has 0 radical (unpaired) electrons. The van der Waals surface area contributed by atoms with Gasteiger partial charge in [-0.3, -0.25) is 0 Å². The summed E-state index contributed by atoms with van der Waals surface area (Å²) in [5, 5.41) is 13.3. The van der Waals surface area contributed by atoms with Gasteiger partial charge in [-0.15, -0.1) is 0 Å². The molecule has 0 bridgehead atoms. The molecule has 1 fully saturated rings. The standard InChI is InChI=1S/C10H17N3O/c1-2-13-6-9(12-7-13)10(14)8-3-4-11-5-8/h6-8,10-11,14H,2-5H2,1H3. The molecule has 0 aliphatic carbocycles. The number of hydrogen-bond acceptors (Lipinski definition) is 3. The van der Waals surface area contributed by atoms with Crippen LogP contribution in [-0.2, 0) is 6.54 Å². The smallest absolute Gasteiger partial charge is 0.102 e. The molecule has 0 amide bonds. The summed E-state index contributed by atoms with van der Waals surface area (Å²) in [6, 6.07) is 0. The average Bonchev–Trinajstić information content (AvgIpc) is 2.88. The minimum atomic E-state index is -0.405. The molecule has 78 valence electrons. The maximum atomic E-state index is 10.0. The van der Waals surface area contributed by atoms with E-state index in [0.717, 1.165) is 31.7 Å². The van der Waals surface area contributed by atoms with Gasteiger partial charge in [-0.2, -0.15) is 0 Å². The van der Waals surface area contributed by atoms with Crippen LogP contribution < -0.4 is 5.32 Å². The number of aromatic nitrogens is 2. The van der Waals surface area contributed by atoms with Crippen LogP contribution in [0.4, 0.5) is 0 Å². The second-order valence-corrected chi connectivity index (χ2v) is 3.83. The van der Waals surface area contributed by atoms with Crippen LogP contribution in [0.1, 0.15) is 25.1 Å². The number of aliphatic hydroxyl groups excluding tert-OH is 1. The Morgan fingerprint density at radius 2 is 2.64 bits per heavy atom. The number of hydrogen-bond donors (Lipinski definition) is 2. The van der Waals surface area contributed by atoms with E-state index < -0.39 is 6.10 Å². The Bertz CT molecular complexity index is 291. The van der Waals surface area contributed by atoms with Crippen molar-refractivity contribution in [3.05, 3.63) is 18.2 Å². The van der Waals surface area contributed by atoms with Gasteiger partial charge in [0, 0.05) is 25.2 Å². The molecule has 2 rings (SSSR count). The molecule has 2 atom stereocenters. The van der Waals surface area contributed by atoms with E-state index in [4.69, 9.17) is 0 Å². The lowest BCUT2D eigenvalue weighted by molar-refractivity contribution is 0.114. The van der Waals surface area contributed by atoms with Gasteiger partial charge in [0.25, 0.3) is 0 Å². The van der Waals surface area contributed by atoms with Gasteiger partial charge >= 0.3 is 0 Å². The van der Waals surface area contributed by atoms with E-state index in [1.54, 1.807) is 6.33 Å². The number of rotatable bonds is 3. The second-order valence-electron chi connectivity index (χ2n) is 3.83. The molecule has 2 heterocycles. The van der Waals surface area contributed by atoms with Crippen molar-refractivity contribution in [1.29, 1.82) is 0 Å². The molecule has 4 heteroatoms. The first kappa shape index (κ1) is 9.68. The van der Waals surface area contributed by atoms with Gasteiger partial charge in [0.05, 0.1) is 12.0 Å². The van der Waals surface area contributed by atoms with Crippen LogP contribution in [0.5, 0.6) is 0 Å². The fourth-order valence-electron chi connectivity index (χ4n) is 1.89. The van der Waals surface area contributed by atoms with Crippen LogP contribution in [0.15, 0.2) is 12.5 Å². The highest BCUT2D eigenvalue weighted by atomic mass is 16.3. The number of nitrogens with one attached hydrogen (secondary N) is 1. The Morgan fingerprint density at radius 3 is 3.21 bits per heavy atom. The normalized spacial score (nSPS) is 24.0. The molecule has 0 aromatic carbocycles. The van der Waals surface area contributed by atoms with Crippen molar-refractivity contribution in [2.45, 2.75) is 26.0 Å². The molecule has 0 spiro atoms. The van der Waals surface area contributed by atoms with Crippen molar-refractivity contribution in [2.75, 3.05) is 13.1 Å². The Hall–Kier alpha value is -0.870. The first-order valence-corrected chi connectivity index (χ1v) is 5.21. The van der Waals surface area contributed by atoms with Crippen LogP contribution in [0.25, 0.3) is 0 Å². The van der Waals surface area contributed by atoms with E-state index in [2.05, 4.69) is 17.2 Å². The molecule has 1 aliphatic heterocycles. The van der Waals surface area contributed by atoms with Crippen molar-refractivity contribution in [2.24, 2.45) is 5.92 Å². The largest absolute Gasteiger partial charge is 0.386 e. The average molecular weight is 195 g/mol. The van der Waals surface area contributed by atoms with Gasteiger partial charge in [-0.1, -0.05) is 0 Å². The predicted molar refractivity (Wildman–Crippen MR) is 53.8 cm³/mol. The highest BCUT2D eigenvalue weighted by Crippen LogP contribution is 2.24. The molecule has 0 saturated carbocycles. The Labute approximate surface area is 84.0 Å². The third-order valence-electron chi connectivity index (χ3n) is 2.87. The van der Waals surface area contributed by atoms with Gasteiger partial charge in [-0.25, -0.2) is 4.98 Å². The van der Waals surface area contributed by atoms with Gasteiger partial charge < -0.3 is 15.0 Å². The zero-order chi connectivity index (χ0) is 9.97. The molecule has 1 aliphatic rings. The van der Waals surface area contributed by atoms with E-state index in [1.165, 1.54) is 0 Å². The number of aliphatic hydroxyl groups is 1. The summed E-state index contributed by atoms with van der Waals surface area (Å²) in [6.07, 6.45) is 4.35. The Morgan fingerprint density at radius 1 is 1.79 bits per heavy atom. The molecule has 1 aromatic heterocycles. The lowest BCUT2D eigenvalue weighted by Crippen LogP contribution is -2.16. The fourth-order valence-corrected chi connectivity index (χ4v) is 1.89. The van der Waals surface area contributed by atoms with E-state index in [-0.39, 0.29) is 0 Å². The summed E-state index contributed by atoms with van der Waals surface area (Å²) in [6.45, 7) is 4.88. The summed E-state index contributed by atoms with van der Waals surface area (Å²) < 4.78 is 1.99. The number of aryl methyl sites for hydroxylation is 1. The van der Waals surface area contributed by atoms with Crippen LogP contribution in [0, 0.1) is 5.92 Å². The topological polar surface area (TPSA) is 50.1 Å². The summed E-state index contributed by atoms with van der Waals surface area (Å²) in [4.78, 5) is 4.22. The fraction of sp³-hybridized carbons (Fsp3) is 0.700. The van der Waals surface area contributed by atoms with Gasteiger partial charge in [0.2, 0.25) is 0 Å². The second kappa shape index (κ2) is 4.11. The van der Waals surface area contributed by atoms with Crippen LogP contribution >= 0.6 is 0 Å². The first-order chi connectivity index (χ1) is 6.81. The van der Waals surface area contributed by atoms with Crippen molar-refractivity contribution >= 4 is 0 Å². The molecule has 14 heavy (non-hydrogen) atoms. The van der Waals surface area contributed by atoms with Crippen molar-refractivity contribution in [3.8, 4) is 0 Å². The Kier molecular flexibility index (Phi) is 2.84. The van der Waals surface area contributed by atoms with Crippen molar-refractivity contribution < 1.29 is 5.11 Å². The highest BCUT2D eigenvalue weighted by molar-refractivity contribution is 5.03. The highest BCUT2D eigenvalue weighted by Gasteiger charge is 2.25. The van der Waals surface area contributed by atoms with Crippen molar-refractivity contribution in [1.82, 2.24) is 14.9 Å². The van der Waals surface area contributed by atoms with E-state index in [0.29, 0.717) is 5.92 Å². The minimum Gasteiger partial charge on any atom is -0.386 e.